The first-order valence-corrected chi connectivity index (χ1v) is 6.83. The van der Waals surface area contributed by atoms with E-state index < -0.39 is 0 Å². The molecule has 1 aliphatic heterocycles. The molecule has 1 aromatic carbocycles. The van der Waals surface area contributed by atoms with Crippen LogP contribution >= 0.6 is 0 Å². The lowest BCUT2D eigenvalue weighted by Crippen LogP contribution is -2.34. The van der Waals surface area contributed by atoms with Crippen LogP contribution in [0.25, 0.3) is 0 Å². The molecule has 2 atom stereocenters. The molecule has 1 N–H and O–H groups in total. The van der Waals surface area contributed by atoms with Gasteiger partial charge in [-0.2, -0.15) is 0 Å². The van der Waals surface area contributed by atoms with E-state index in [1.54, 1.807) is 6.07 Å². The molecular weight excluding hydrogens is 227 g/mol. The Morgan fingerprint density at radius 2 is 2.22 bits per heavy atom. The smallest absolute Gasteiger partial charge is 0.146 e. The Labute approximate surface area is 109 Å². The molecule has 0 spiro atoms. The van der Waals surface area contributed by atoms with Crippen LogP contribution in [0.1, 0.15) is 38.3 Å². The number of piperidine rings is 1. The van der Waals surface area contributed by atoms with Gasteiger partial charge in [0.25, 0.3) is 0 Å². The highest BCUT2D eigenvalue weighted by Gasteiger charge is 2.19. The molecule has 0 bridgehead atoms. The second-order valence-corrected chi connectivity index (χ2v) is 5.41. The van der Waals surface area contributed by atoms with Gasteiger partial charge in [0.1, 0.15) is 5.82 Å². The van der Waals surface area contributed by atoms with Crippen LogP contribution < -0.4 is 10.2 Å². The van der Waals surface area contributed by atoms with Gasteiger partial charge in [0.05, 0.1) is 5.69 Å². The first-order chi connectivity index (χ1) is 8.61. The van der Waals surface area contributed by atoms with Crippen molar-refractivity contribution in [3.8, 4) is 0 Å². The van der Waals surface area contributed by atoms with Crippen molar-refractivity contribution < 1.29 is 4.39 Å². The summed E-state index contributed by atoms with van der Waals surface area (Å²) >= 11 is 0. The lowest BCUT2D eigenvalue weighted by molar-refractivity contribution is 0.442. The zero-order valence-electron chi connectivity index (χ0n) is 11.5. The van der Waals surface area contributed by atoms with Crippen LogP contribution in [-0.4, -0.2) is 20.1 Å². The molecule has 2 rings (SSSR count). The predicted molar refractivity (Wildman–Crippen MR) is 74.5 cm³/mol. The minimum absolute atomic E-state index is 0.0938. The fourth-order valence-electron chi connectivity index (χ4n) is 2.62. The molecule has 1 saturated heterocycles. The van der Waals surface area contributed by atoms with Gasteiger partial charge in [-0.05, 0) is 50.4 Å². The first-order valence-electron chi connectivity index (χ1n) is 6.83. The van der Waals surface area contributed by atoms with Crippen LogP contribution in [0.2, 0.25) is 0 Å². The summed E-state index contributed by atoms with van der Waals surface area (Å²) in [5, 5.41) is 3.13. The Morgan fingerprint density at radius 3 is 2.83 bits per heavy atom. The van der Waals surface area contributed by atoms with Crippen LogP contribution in [0.15, 0.2) is 18.2 Å². The van der Waals surface area contributed by atoms with E-state index in [1.165, 1.54) is 6.42 Å². The largest absolute Gasteiger partial charge is 0.369 e. The van der Waals surface area contributed by atoms with Gasteiger partial charge in [0, 0.05) is 19.1 Å². The topological polar surface area (TPSA) is 15.3 Å². The lowest BCUT2D eigenvalue weighted by atomic mass is 9.99. The highest BCUT2D eigenvalue weighted by Crippen LogP contribution is 2.27. The second kappa shape index (κ2) is 5.70. The third-order valence-corrected chi connectivity index (χ3v) is 3.90. The van der Waals surface area contributed by atoms with Crippen molar-refractivity contribution in [1.82, 2.24) is 5.32 Å². The molecule has 1 aromatic rings. The minimum Gasteiger partial charge on any atom is -0.369 e. The molecule has 100 valence electrons. The number of halogens is 1. The molecule has 1 aliphatic rings. The molecular formula is C15H23FN2. The van der Waals surface area contributed by atoms with E-state index in [-0.39, 0.29) is 11.9 Å². The van der Waals surface area contributed by atoms with Gasteiger partial charge in [-0.1, -0.05) is 13.0 Å². The van der Waals surface area contributed by atoms with E-state index in [4.69, 9.17) is 0 Å². The van der Waals surface area contributed by atoms with Gasteiger partial charge in [-0.15, -0.1) is 0 Å². The maximum atomic E-state index is 14.2. The van der Waals surface area contributed by atoms with E-state index in [0.29, 0.717) is 5.92 Å². The predicted octanol–water partition coefficient (Wildman–Crippen LogP) is 3.34. The molecule has 0 saturated carbocycles. The quantitative estimate of drug-likeness (QED) is 0.885. The summed E-state index contributed by atoms with van der Waals surface area (Å²) in [6.07, 6.45) is 2.42. The van der Waals surface area contributed by atoms with Gasteiger partial charge in [-0.3, -0.25) is 0 Å². The Bertz CT molecular complexity index is 405. The van der Waals surface area contributed by atoms with Crippen molar-refractivity contribution in [3.05, 3.63) is 29.6 Å². The van der Waals surface area contributed by atoms with Crippen LogP contribution in [0, 0.1) is 11.7 Å². The monoisotopic (exact) mass is 250 g/mol. The zero-order chi connectivity index (χ0) is 13.1. The van der Waals surface area contributed by atoms with Crippen molar-refractivity contribution in [2.24, 2.45) is 5.92 Å². The molecule has 18 heavy (non-hydrogen) atoms. The van der Waals surface area contributed by atoms with Crippen molar-refractivity contribution >= 4 is 5.69 Å². The average molecular weight is 250 g/mol. The maximum absolute atomic E-state index is 14.2. The van der Waals surface area contributed by atoms with Crippen molar-refractivity contribution in [2.75, 3.05) is 25.0 Å². The molecule has 0 amide bonds. The van der Waals surface area contributed by atoms with Crippen molar-refractivity contribution in [2.45, 2.75) is 32.7 Å². The van der Waals surface area contributed by atoms with E-state index in [1.807, 2.05) is 26.1 Å². The highest BCUT2D eigenvalue weighted by atomic mass is 19.1. The summed E-state index contributed by atoms with van der Waals surface area (Å²) in [4.78, 5) is 2.18. The highest BCUT2D eigenvalue weighted by molar-refractivity contribution is 5.50. The lowest BCUT2D eigenvalue weighted by Gasteiger charge is -2.33. The van der Waals surface area contributed by atoms with Gasteiger partial charge in [0.2, 0.25) is 0 Å². The van der Waals surface area contributed by atoms with Gasteiger partial charge in [-0.25, -0.2) is 4.39 Å². The minimum atomic E-state index is -0.0938. The summed E-state index contributed by atoms with van der Waals surface area (Å²) in [5.74, 6) is 0.567. The molecule has 0 aliphatic carbocycles. The number of benzene rings is 1. The average Bonchev–Trinajstić information content (AvgIpc) is 2.37. The number of hydrogen-bond acceptors (Lipinski definition) is 2. The van der Waals surface area contributed by atoms with Crippen LogP contribution in [0.5, 0.6) is 0 Å². The molecule has 1 heterocycles. The van der Waals surface area contributed by atoms with E-state index >= 15 is 0 Å². The summed E-state index contributed by atoms with van der Waals surface area (Å²) in [6, 6.07) is 5.80. The second-order valence-electron chi connectivity index (χ2n) is 5.41. The van der Waals surface area contributed by atoms with Crippen LogP contribution in [-0.2, 0) is 0 Å². The fourth-order valence-corrected chi connectivity index (χ4v) is 2.62. The fraction of sp³-hybridized carbons (Fsp3) is 0.600. The van der Waals surface area contributed by atoms with Crippen molar-refractivity contribution in [3.63, 3.8) is 0 Å². The zero-order valence-corrected chi connectivity index (χ0v) is 11.5. The molecule has 1 fully saturated rings. The Morgan fingerprint density at radius 1 is 1.44 bits per heavy atom. The third-order valence-electron chi connectivity index (χ3n) is 3.90. The molecule has 2 nitrogen and oxygen atoms in total. The SMILES string of the molecule is CN[C@H](C)c1ccc(N2CCC[C@@H](C)C2)c(F)c1. The maximum Gasteiger partial charge on any atom is 0.146 e. The summed E-state index contributed by atoms with van der Waals surface area (Å²) in [7, 11) is 1.89. The summed E-state index contributed by atoms with van der Waals surface area (Å²) in [6.45, 7) is 6.22. The van der Waals surface area contributed by atoms with Gasteiger partial charge >= 0.3 is 0 Å². The molecule has 0 radical (unpaired) electrons. The Kier molecular flexibility index (Phi) is 4.23. The molecule has 0 unspecified atom stereocenters. The standard InChI is InChI=1S/C15H23FN2/c1-11-5-4-8-18(10-11)15-7-6-13(9-14(15)16)12(2)17-3/h6-7,9,11-12,17H,4-5,8,10H2,1-3H3/t11-,12-/m1/s1. The first kappa shape index (κ1) is 13.3. The number of nitrogens with zero attached hydrogens (tertiary/aromatic N) is 1. The summed E-state index contributed by atoms with van der Waals surface area (Å²) in [5.41, 5.74) is 1.76. The van der Waals surface area contributed by atoms with Crippen LogP contribution in [0.3, 0.4) is 0 Å². The van der Waals surface area contributed by atoms with Crippen LogP contribution in [0.4, 0.5) is 10.1 Å². The number of rotatable bonds is 3. The molecule has 0 aromatic heterocycles. The van der Waals surface area contributed by atoms with E-state index in [0.717, 1.165) is 30.8 Å². The number of anilines is 1. The third kappa shape index (κ3) is 2.83. The molecule has 3 heteroatoms. The van der Waals surface area contributed by atoms with E-state index in [9.17, 15) is 4.39 Å². The number of nitrogens with one attached hydrogen (secondary N) is 1. The summed E-state index contributed by atoms with van der Waals surface area (Å²) < 4.78 is 14.2. The Hall–Kier alpha value is -1.09. The van der Waals surface area contributed by atoms with Crippen molar-refractivity contribution in [1.29, 1.82) is 0 Å². The van der Waals surface area contributed by atoms with E-state index in [2.05, 4.69) is 17.1 Å². The number of hydrogen-bond donors (Lipinski definition) is 1. The normalized spacial score (nSPS) is 22.0. The Balaban J connectivity index is 2.19. The van der Waals surface area contributed by atoms with Gasteiger partial charge < -0.3 is 10.2 Å². The van der Waals surface area contributed by atoms with Gasteiger partial charge in [0.15, 0.2) is 0 Å².